The van der Waals surface area contributed by atoms with Gasteiger partial charge >= 0.3 is 0 Å². The number of fused-ring (bicyclic) bond motifs is 5. The lowest BCUT2D eigenvalue weighted by Gasteiger charge is -2.19. The molecule has 0 spiro atoms. The second-order valence-electron chi connectivity index (χ2n) is 14.4. The molecule has 11 rings (SSSR count). The van der Waals surface area contributed by atoms with Gasteiger partial charge < -0.3 is 0 Å². The summed E-state index contributed by atoms with van der Waals surface area (Å²) >= 11 is 0. The van der Waals surface area contributed by atoms with Gasteiger partial charge in [-0.3, -0.25) is 4.57 Å². The zero-order valence-corrected chi connectivity index (χ0v) is 30.0. The quantitative estimate of drug-likeness (QED) is 0.164. The Morgan fingerprint density at radius 2 is 0.800 bits per heavy atom. The molecule has 0 aliphatic rings. The number of imidazole rings is 1. The Balaban J connectivity index is 1.20. The van der Waals surface area contributed by atoms with Crippen LogP contribution >= 0.6 is 0 Å². The van der Waals surface area contributed by atoms with Gasteiger partial charge in [0.05, 0.1) is 11.0 Å². The summed E-state index contributed by atoms with van der Waals surface area (Å²) in [6.45, 7) is 0. The van der Waals surface area contributed by atoms with Crippen LogP contribution in [0.1, 0.15) is 0 Å². The van der Waals surface area contributed by atoms with Crippen LogP contribution in [0, 0.1) is 0 Å². The molecule has 0 saturated carbocycles. The summed E-state index contributed by atoms with van der Waals surface area (Å²) in [6, 6.07) is 74.8. The molecule has 11 aromatic rings. The minimum absolute atomic E-state index is 0.933. The van der Waals surface area contributed by atoms with Crippen LogP contribution in [0.5, 0.6) is 0 Å². The van der Waals surface area contributed by atoms with E-state index in [0.717, 1.165) is 33.7 Å². The van der Waals surface area contributed by atoms with E-state index in [9.17, 15) is 0 Å². The van der Waals surface area contributed by atoms with E-state index in [2.05, 4.69) is 211 Å². The first kappa shape index (κ1) is 31.3. The Kier molecular flexibility index (Phi) is 7.21. The average Bonchev–Trinajstić information content (AvgIpc) is 3.65. The van der Waals surface area contributed by atoms with Crippen molar-refractivity contribution in [3.05, 3.63) is 206 Å². The Labute approximate surface area is 319 Å². The molecule has 0 amide bonds. The highest BCUT2D eigenvalue weighted by Crippen LogP contribution is 2.46. The Bertz CT molecular complexity index is 3250. The molecule has 0 N–H and O–H groups in total. The molecule has 0 saturated heterocycles. The molecule has 256 valence electrons. The molecule has 2 heteroatoms. The van der Waals surface area contributed by atoms with E-state index in [4.69, 9.17) is 4.98 Å². The lowest BCUT2D eigenvalue weighted by atomic mass is 9.84. The fraction of sp³-hybridized carbons (Fsp3) is 0. The third kappa shape index (κ3) is 5.22. The summed E-state index contributed by atoms with van der Waals surface area (Å²) in [5, 5.41) is 9.94. The van der Waals surface area contributed by atoms with Crippen molar-refractivity contribution in [2.45, 2.75) is 0 Å². The highest BCUT2D eigenvalue weighted by atomic mass is 15.1. The molecule has 1 heterocycles. The first-order chi connectivity index (χ1) is 27.3. The molecule has 0 fully saturated rings. The molecule has 55 heavy (non-hydrogen) atoms. The van der Waals surface area contributed by atoms with Gasteiger partial charge in [-0.1, -0.05) is 164 Å². The summed E-state index contributed by atoms with van der Waals surface area (Å²) < 4.78 is 2.29. The van der Waals surface area contributed by atoms with E-state index in [1.165, 1.54) is 70.9 Å². The van der Waals surface area contributed by atoms with Gasteiger partial charge in [-0.25, -0.2) is 4.98 Å². The van der Waals surface area contributed by atoms with Crippen molar-refractivity contribution in [1.29, 1.82) is 0 Å². The summed E-state index contributed by atoms with van der Waals surface area (Å²) in [5.74, 6) is 0.933. The van der Waals surface area contributed by atoms with E-state index in [1.54, 1.807) is 0 Å². The Morgan fingerprint density at radius 3 is 1.45 bits per heavy atom. The fourth-order valence-electron chi connectivity index (χ4n) is 8.54. The maximum absolute atomic E-state index is 5.19. The van der Waals surface area contributed by atoms with Crippen molar-refractivity contribution in [3.63, 3.8) is 0 Å². The number of hydrogen-bond donors (Lipinski definition) is 0. The zero-order valence-electron chi connectivity index (χ0n) is 30.0. The first-order valence-electron chi connectivity index (χ1n) is 18.9. The third-order valence-electron chi connectivity index (χ3n) is 11.1. The minimum atomic E-state index is 0.933. The second kappa shape index (κ2) is 12.7. The van der Waals surface area contributed by atoms with Gasteiger partial charge in [0.25, 0.3) is 0 Å². The lowest BCUT2D eigenvalue weighted by molar-refractivity contribution is 1.10. The molecule has 0 bridgehead atoms. The number of para-hydroxylation sites is 1. The maximum Gasteiger partial charge on any atom is 0.145 e. The van der Waals surface area contributed by atoms with Crippen LogP contribution in [-0.2, 0) is 0 Å². The number of rotatable bonds is 5. The predicted octanol–water partition coefficient (Wildman–Crippen LogP) is 14.3. The monoisotopic (exact) mass is 698 g/mol. The molecule has 1 aromatic heterocycles. The van der Waals surface area contributed by atoms with Gasteiger partial charge in [-0.05, 0) is 119 Å². The SMILES string of the molecule is c1ccc(-c2nc3ccc(-c4ccc5c(-c6ccc7ccccc7c6)c6ccccc6c(-c6ccc7ccccc7c6)c5c4)cc3n2-c2ccccc2)cc1. The summed E-state index contributed by atoms with van der Waals surface area (Å²) in [5.41, 5.74) is 11.5. The minimum Gasteiger partial charge on any atom is -0.292 e. The maximum atomic E-state index is 5.19. The van der Waals surface area contributed by atoms with Crippen molar-refractivity contribution in [3.8, 4) is 50.5 Å². The molecule has 2 nitrogen and oxygen atoms in total. The van der Waals surface area contributed by atoms with E-state index in [-0.39, 0.29) is 0 Å². The van der Waals surface area contributed by atoms with Crippen molar-refractivity contribution in [1.82, 2.24) is 9.55 Å². The molecule has 0 atom stereocenters. The zero-order chi connectivity index (χ0) is 36.3. The molecule has 0 unspecified atom stereocenters. The first-order valence-corrected chi connectivity index (χ1v) is 18.9. The summed E-state index contributed by atoms with van der Waals surface area (Å²) in [6.07, 6.45) is 0. The predicted molar refractivity (Wildman–Crippen MR) is 233 cm³/mol. The van der Waals surface area contributed by atoms with Gasteiger partial charge in [0.15, 0.2) is 0 Å². The third-order valence-corrected chi connectivity index (χ3v) is 11.1. The number of aromatic nitrogens is 2. The van der Waals surface area contributed by atoms with Crippen LogP contribution < -0.4 is 0 Å². The number of nitrogens with zero attached hydrogens (tertiary/aromatic N) is 2. The van der Waals surface area contributed by atoms with Crippen molar-refractivity contribution < 1.29 is 0 Å². The van der Waals surface area contributed by atoms with Crippen LogP contribution in [-0.4, -0.2) is 9.55 Å². The summed E-state index contributed by atoms with van der Waals surface area (Å²) in [7, 11) is 0. The van der Waals surface area contributed by atoms with Crippen LogP contribution in [0.3, 0.4) is 0 Å². The Morgan fingerprint density at radius 1 is 0.309 bits per heavy atom. The van der Waals surface area contributed by atoms with E-state index in [0.29, 0.717) is 0 Å². The van der Waals surface area contributed by atoms with Crippen molar-refractivity contribution >= 4 is 54.1 Å². The van der Waals surface area contributed by atoms with Crippen LogP contribution in [0.2, 0.25) is 0 Å². The smallest absolute Gasteiger partial charge is 0.145 e. The van der Waals surface area contributed by atoms with Gasteiger partial charge in [0, 0.05) is 11.3 Å². The van der Waals surface area contributed by atoms with Crippen LogP contribution in [0.25, 0.3) is 105 Å². The number of hydrogen-bond acceptors (Lipinski definition) is 1. The standard InChI is InChI=1S/C53H34N2/c1-3-15-37(16-4-1)53-54-49-30-28-41(34-50(49)55(53)44-19-5-2-6-20-44)40-27-29-47-48(33-40)52(43-26-24-36-14-8-10-18-39(36)32-43)46-22-12-11-21-45(46)51(47)42-25-23-35-13-7-9-17-38(35)31-42/h1-34H. The second-order valence-corrected chi connectivity index (χ2v) is 14.4. The van der Waals surface area contributed by atoms with Crippen LogP contribution in [0.4, 0.5) is 0 Å². The van der Waals surface area contributed by atoms with Crippen LogP contribution in [0.15, 0.2) is 206 Å². The molecule has 0 aliphatic heterocycles. The van der Waals surface area contributed by atoms with E-state index >= 15 is 0 Å². The number of benzene rings is 10. The van der Waals surface area contributed by atoms with Gasteiger partial charge in [-0.15, -0.1) is 0 Å². The van der Waals surface area contributed by atoms with E-state index < -0.39 is 0 Å². The topological polar surface area (TPSA) is 17.8 Å². The highest BCUT2D eigenvalue weighted by molar-refractivity contribution is 6.22. The fourth-order valence-corrected chi connectivity index (χ4v) is 8.54. The molecule has 0 aliphatic carbocycles. The van der Waals surface area contributed by atoms with E-state index in [1.807, 2.05) is 0 Å². The van der Waals surface area contributed by atoms with Gasteiger partial charge in [0.1, 0.15) is 5.82 Å². The van der Waals surface area contributed by atoms with Gasteiger partial charge in [0.2, 0.25) is 0 Å². The molecule has 10 aromatic carbocycles. The Hall–Kier alpha value is -7.29. The normalized spacial score (nSPS) is 11.6. The highest BCUT2D eigenvalue weighted by Gasteiger charge is 2.20. The lowest BCUT2D eigenvalue weighted by Crippen LogP contribution is -1.97. The molecular formula is C53H34N2. The van der Waals surface area contributed by atoms with Crippen molar-refractivity contribution in [2.75, 3.05) is 0 Å². The summed E-state index contributed by atoms with van der Waals surface area (Å²) in [4.78, 5) is 5.19. The molecule has 0 radical (unpaired) electrons. The average molecular weight is 699 g/mol. The van der Waals surface area contributed by atoms with Crippen molar-refractivity contribution in [2.24, 2.45) is 0 Å². The van der Waals surface area contributed by atoms with Gasteiger partial charge in [-0.2, -0.15) is 0 Å². The largest absolute Gasteiger partial charge is 0.292 e. The molecular weight excluding hydrogens is 665 g/mol.